The molecule has 1 aromatic carbocycles. The van der Waals surface area contributed by atoms with Gasteiger partial charge in [-0.05, 0) is 30.7 Å². The van der Waals surface area contributed by atoms with Gasteiger partial charge in [0.2, 0.25) is 0 Å². The Kier molecular flexibility index (Phi) is 4.48. The van der Waals surface area contributed by atoms with Gasteiger partial charge in [-0.15, -0.1) is 0 Å². The fraction of sp³-hybridized carbons (Fsp3) is 0.300. The average molecular weight is 334 g/mol. The summed E-state index contributed by atoms with van der Waals surface area (Å²) in [5.74, 6) is 0. The SMILES string of the molecule is O=c1c(CCN2CCN(c3ccccc3)CC2)cnc2ccccn12. The van der Waals surface area contributed by atoms with Crippen molar-refractivity contribution in [2.45, 2.75) is 6.42 Å². The fourth-order valence-corrected chi connectivity index (χ4v) is 3.38. The summed E-state index contributed by atoms with van der Waals surface area (Å²) in [4.78, 5) is 21.8. The first-order chi connectivity index (χ1) is 12.3. The molecule has 0 bridgehead atoms. The highest BCUT2D eigenvalue weighted by Gasteiger charge is 2.17. The van der Waals surface area contributed by atoms with Gasteiger partial charge in [-0.25, -0.2) is 4.98 Å². The first kappa shape index (κ1) is 15.8. The topological polar surface area (TPSA) is 40.9 Å². The molecule has 5 nitrogen and oxygen atoms in total. The second kappa shape index (κ2) is 7.07. The molecule has 0 saturated carbocycles. The summed E-state index contributed by atoms with van der Waals surface area (Å²) in [6.45, 7) is 5.00. The van der Waals surface area contributed by atoms with Crippen molar-refractivity contribution < 1.29 is 0 Å². The lowest BCUT2D eigenvalue weighted by Gasteiger charge is -2.36. The number of piperazine rings is 1. The van der Waals surface area contributed by atoms with E-state index in [1.807, 2.05) is 18.2 Å². The van der Waals surface area contributed by atoms with Gasteiger partial charge in [0.25, 0.3) is 5.56 Å². The van der Waals surface area contributed by atoms with Crippen molar-refractivity contribution in [1.82, 2.24) is 14.3 Å². The van der Waals surface area contributed by atoms with E-state index >= 15 is 0 Å². The van der Waals surface area contributed by atoms with Crippen LogP contribution >= 0.6 is 0 Å². The van der Waals surface area contributed by atoms with E-state index in [9.17, 15) is 4.79 Å². The molecule has 0 spiro atoms. The van der Waals surface area contributed by atoms with Crippen molar-refractivity contribution in [3.8, 4) is 0 Å². The Labute approximate surface area is 147 Å². The van der Waals surface area contributed by atoms with E-state index in [1.165, 1.54) is 5.69 Å². The number of hydrogen-bond acceptors (Lipinski definition) is 4. The summed E-state index contributed by atoms with van der Waals surface area (Å²) in [6.07, 6.45) is 4.26. The molecule has 1 aliphatic rings. The number of hydrogen-bond donors (Lipinski definition) is 0. The second-order valence-electron chi connectivity index (χ2n) is 6.43. The predicted octanol–water partition coefficient (Wildman–Crippen LogP) is 2.06. The molecule has 128 valence electrons. The van der Waals surface area contributed by atoms with Gasteiger partial charge < -0.3 is 4.90 Å². The summed E-state index contributed by atoms with van der Waals surface area (Å²) in [5.41, 5.74) is 2.83. The maximum Gasteiger partial charge on any atom is 0.261 e. The van der Waals surface area contributed by atoms with Crippen molar-refractivity contribution in [2.75, 3.05) is 37.6 Å². The normalized spacial score (nSPS) is 15.6. The number of pyridine rings is 1. The summed E-state index contributed by atoms with van der Waals surface area (Å²) in [5, 5.41) is 0. The highest BCUT2D eigenvalue weighted by atomic mass is 16.1. The molecule has 0 radical (unpaired) electrons. The first-order valence-electron chi connectivity index (χ1n) is 8.79. The smallest absolute Gasteiger partial charge is 0.261 e. The van der Waals surface area contributed by atoms with Gasteiger partial charge >= 0.3 is 0 Å². The zero-order valence-electron chi connectivity index (χ0n) is 14.2. The summed E-state index contributed by atoms with van der Waals surface area (Å²) in [7, 11) is 0. The van der Waals surface area contributed by atoms with Crippen LogP contribution in [0.3, 0.4) is 0 Å². The van der Waals surface area contributed by atoms with Crippen LogP contribution in [0.4, 0.5) is 5.69 Å². The third-order valence-electron chi connectivity index (χ3n) is 4.88. The summed E-state index contributed by atoms with van der Waals surface area (Å²) >= 11 is 0. The van der Waals surface area contributed by atoms with E-state index in [2.05, 4.69) is 45.1 Å². The number of anilines is 1. The highest BCUT2D eigenvalue weighted by molar-refractivity contribution is 5.46. The van der Waals surface area contributed by atoms with E-state index in [4.69, 9.17) is 0 Å². The minimum atomic E-state index is 0.0496. The quantitative estimate of drug-likeness (QED) is 0.732. The number of rotatable bonds is 4. The third kappa shape index (κ3) is 3.42. The Morgan fingerprint density at radius 2 is 1.68 bits per heavy atom. The van der Waals surface area contributed by atoms with Crippen molar-refractivity contribution in [1.29, 1.82) is 0 Å². The lowest BCUT2D eigenvalue weighted by molar-refractivity contribution is 0.260. The van der Waals surface area contributed by atoms with Gasteiger partial charge in [0.05, 0.1) is 0 Å². The molecule has 4 rings (SSSR count). The van der Waals surface area contributed by atoms with Gasteiger partial charge in [0, 0.05) is 56.4 Å². The predicted molar refractivity (Wildman–Crippen MR) is 100 cm³/mol. The first-order valence-corrected chi connectivity index (χ1v) is 8.79. The molecule has 0 unspecified atom stereocenters. The Morgan fingerprint density at radius 1 is 0.920 bits per heavy atom. The molecular formula is C20H22N4O. The molecular weight excluding hydrogens is 312 g/mol. The van der Waals surface area contributed by atoms with Crippen molar-refractivity contribution in [2.24, 2.45) is 0 Å². The molecule has 0 aliphatic carbocycles. The zero-order chi connectivity index (χ0) is 17.1. The van der Waals surface area contributed by atoms with Crippen molar-refractivity contribution in [3.05, 3.63) is 76.8 Å². The van der Waals surface area contributed by atoms with Crippen LogP contribution in [0.2, 0.25) is 0 Å². The average Bonchev–Trinajstić information content (AvgIpc) is 2.69. The molecule has 5 heteroatoms. The molecule has 0 atom stereocenters. The van der Waals surface area contributed by atoms with Crippen LogP contribution < -0.4 is 10.5 Å². The van der Waals surface area contributed by atoms with Crippen LogP contribution in [0.1, 0.15) is 5.56 Å². The van der Waals surface area contributed by atoms with Crippen LogP contribution in [0.15, 0.2) is 65.7 Å². The lowest BCUT2D eigenvalue weighted by atomic mass is 10.2. The molecule has 1 saturated heterocycles. The van der Waals surface area contributed by atoms with Crippen LogP contribution in [0.25, 0.3) is 5.65 Å². The summed E-state index contributed by atoms with van der Waals surface area (Å²) < 4.78 is 1.63. The van der Waals surface area contributed by atoms with Gasteiger partial charge in [-0.3, -0.25) is 14.1 Å². The van der Waals surface area contributed by atoms with E-state index in [1.54, 1.807) is 16.8 Å². The van der Waals surface area contributed by atoms with Crippen molar-refractivity contribution >= 4 is 11.3 Å². The minimum absolute atomic E-state index is 0.0496. The maximum atomic E-state index is 12.5. The molecule has 0 amide bonds. The van der Waals surface area contributed by atoms with E-state index in [0.717, 1.165) is 44.7 Å². The van der Waals surface area contributed by atoms with Crippen LogP contribution in [-0.4, -0.2) is 47.0 Å². The standard InChI is InChI=1S/C20H22N4O/c25-20-17(16-21-19-8-4-5-10-24(19)20)9-11-22-12-14-23(15-13-22)18-6-2-1-3-7-18/h1-8,10,16H,9,11-15H2. The molecule has 2 aromatic heterocycles. The third-order valence-corrected chi connectivity index (χ3v) is 4.88. The van der Waals surface area contributed by atoms with Gasteiger partial charge in [-0.1, -0.05) is 24.3 Å². The van der Waals surface area contributed by atoms with Gasteiger partial charge in [-0.2, -0.15) is 0 Å². The van der Waals surface area contributed by atoms with Crippen LogP contribution in [-0.2, 0) is 6.42 Å². The minimum Gasteiger partial charge on any atom is -0.369 e. The monoisotopic (exact) mass is 334 g/mol. The van der Waals surface area contributed by atoms with Crippen LogP contribution in [0.5, 0.6) is 0 Å². The number of nitrogens with zero attached hydrogens (tertiary/aromatic N) is 4. The molecule has 0 N–H and O–H groups in total. The molecule has 25 heavy (non-hydrogen) atoms. The Balaban J connectivity index is 1.37. The van der Waals surface area contributed by atoms with E-state index in [0.29, 0.717) is 5.65 Å². The number of benzene rings is 1. The number of fused-ring (bicyclic) bond motifs is 1. The van der Waals surface area contributed by atoms with Gasteiger partial charge in [0.1, 0.15) is 5.65 Å². The van der Waals surface area contributed by atoms with Crippen molar-refractivity contribution in [3.63, 3.8) is 0 Å². The Morgan fingerprint density at radius 3 is 2.48 bits per heavy atom. The highest BCUT2D eigenvalue weighted by Crippen LogP contribution is 2.15. The number of aromatic nitrogens is 2. The van der Waals surface area contributed by atoms with Gasteiger partial charge in [0.15, 0.2) is 0 Å². The molecule has 3 heterocycles. The van der Waals surface area contributed by atoms with E-state index < -0.39 is 0 Å². The lowest BCUT2D eigenvalue weighted by Crippen LogP contribution is -2.47. The van der Waals surface area contributed by atoms with Crippen LogP contribution in [0, 0.1) is 0 Å². The Bertz CT molecular complexity index is 898. The molecule has 3 aromatic rings. The van der Waals surface area contributed by atoms with E-state index in [-0.39, 0.29) is 5.56 Å². The molecule has 1 aliphatic heterocycles. The molecule has 1 fully saturated rings. The Hall–Kier alpha value is -2.66. The summed E-state index contributed by atoms with van der Waals surface area (Å²) in [6, 6.07) is 16.2. The zero-order valence-corrected chi connectivity index (χ0v) is 14.2. The largest absolute Gasteiger partial charge is 0.369 e. The maximum absolute atomic E-state index is 12.5. The fourth-order valence-electron chi connectivity index (χ4n) is 3.38. The second-order valence-corrected chi connectivity index (χ2v) is 6.43. The number of para-hydroxylation sites is 1.